The minimum atomic E-state index is -0.601. The maximum atomic E-state index is 11.5. The lowest BCUT2D eigenvalue weighted by Gasteiger charge is -2.11. The zero-order chi connectivity index (χ0) is 12.3. The summed E-state index contributed by atoms with van der Waals surface area (Å²) < 4.78 is 4.90. The number of hydrogen-bond donors (Lipinski definition) is 2. The third-order valence-corrected chi connectivity index (χ3v) is 2.71. The van der Waals surface area contributed by atoms with Crippen molar-refractivity contribution < 1.29 is 9.53 Å². The molecule has 0 aliphatic rings. The van der Waals surface area contributed by atoms with Crippen LogP contribution >= 0.6 is 0 Å². The van der Waals surface area contributed by atoms with E-state index < -0.39 is 6.04 Å². The molecule has 1 atom stereocenters. The molecule has 3 N–H and O–H groups in total. The van der Waals surface area contributed by atoms with E-state index in [9.17, 15) is 4.79 Å². The highest BCUT2D eigenvalue weighted by molar-refractivity contribution is 5.84. The number of fused-ring (bicyclic) bond motifs is 1. The largest absolute Gasteiger partial charge is 0.465 e. The van der Waals surface area contributed by atoms with E-state index in [-0.39, 0.29) is 5.97 Å². The van der Waals surface area contributed by atoms with Crippen LogP contribution in [0, 0.1) is 0 Å². The fraction of sp³-hybridized carbons (Fsp3) is 0.308. The number of H-pyrrole nitrogens is 1. The lowest BCUT2D eigenvalue weighted by Crippen LogP contribution is -2.34. The van der Waals surface area contributed by atoms with E-state index in [1.165, 1.54) is 0 Å². The molecule has 0 spiro atoms. The third-order valence-electron chi connectivity index (χ3n) is 2.71. The van der Waals surface area contributed by atoms with Crippen molar-refractivity contribution in [3.05, 3.63) is 36.0 Å². The second kappa shape index (κ2) is 5.01. The van der Waals surface area contributed by atoms with Gasteiger partial charge in [0.1, 0.15) is 6.04 Å². The van der Waals surface area contributed by atoms with E-state index in [4.69, 9.17) is 10.5 Å². The topological polar surface area (TPSA) is 68.1 Å². The van der Waals surface area contributed by atoms with E-state index in [1.807, 2.05) is 30.5 Å². The lowest BCUT2D eigenvalue weighted by atomic mass is 10.0. The highest BCUT2D eigenvalue weighted by Crippen LogP contribution is 2.18. The number of nitrogens with one attached hydrogen (secondary N) is 1. The van der Waals surface area contributed by atoms with Crippen LogP contribution in [0.5, 0.6) is 0 Å². The van der Waals surface area contributed by atoms with E-state index >= 15 is 0 Å². The molecule has 0 saturated heterocycles. The Kier molecular flexibility index (Phi) is 3.44. The zero-order valence-corrected chi connectivity index (χ0v) is 9.77. The monoisotopic (exact) mass is 232 g/mol. The molecule has 2 rings (SSSR count). The molecule has 0 aliphatic carbocycles. The van der Waals surface area contributed by atoms with Gasteiger partial charge < -0.3 is 15.5 Å². The molecule has 0 radical (unpaired) electrons. The quantitative estimate of drug-likeness (QED) is 0.787. The summed E-state index contributed by atoms with van der Waals surface area (Å²) in [5.74, 6) is -0.347. The van der Waals surface area contributed by atoms with Crippen molar-refractivity contribution in [1.29, 1.82) is 0 Å². The van der Waals surface area contributed by atoms with E-state index in [0.717, 1.165) is 16.5 Å². The molecule has 0 amide bonds. The molecule has 4 heteroatoms. The molecule has 4 nitrogen and oxygen atoms in total. The smallest absolute Gasteiger partial charge is 0.323 e. The van der Waals surface area contributed by atoms with Crippen molar-refractivity contribution in [2.24, 2.45) is 5.73 Å². The van der Waals surface area contributed by atoms with Gasteiger partial charge in [0.05, 0.1) is 6.61 Å². The highest BCUT2D eigenvalue weighted by atomic mass is 16.5. The van der Waals surface area contributed by atoms with Gasteiger partial charge in [-0.25, -0.2) is 0 Å². The molecule has 1 aromatic carbocycles. The predicted molar refractivity (Wildman–Crippen MR) is 66.6 cm³/mol. The summed E-state index contributed by atoms with van der Waals surface area (Å²) in [7, 11) is 0. The molecule has 1 heterocycles. The maximum absolute atomic E-state index is 11.5. The first-order valence-corrected chi connectivity index (χ1v) is 5.69. The highest BCUT2D eigenvalue weighted by Gasteiger charge is 2.16. The van der Waals surface area contributed by atoms with Crippen LogP contribution in [-0.4, -0.2) is 23.6 Å². The summed E-state index contributed by atoms with van der Waals surface area (Å²) in [6.45, 7) is 2.14. The normalized spacial score (nSPS) is 12.6. The number of ether oxygens (including phenoxy) is 1. The van der Waals surface area contributed by atoms with Gasteiger partial charge in [0.15, 0.2) is 0 Å². The van der Waals surface area contributed by atoms with Gasteiger partial charge in [0, 0.05) is 17.1 Å². The molecule has 1 unspecified atom stereocenters. The van der Waals surface area contributed by atoms with Gasteiger partial charge in [-0.3, -0.25) is 4.79 Å². The van der Waals surface area contributed by atoms with Crippen LogP contribution in [-0.2, 0) is 16.0 Å². The Balaban J connectivity index is 2.18. The Hall–Kier alpha value is -1.81. The predicted octanol–water partition coefficient (Wildman–Crippen LogP) is 1.60. The fourth-order valence-corrected chi connectivity index (χ4v) is 1.90. The minimum Gasteiger partial charge on any atom is -0.465 e. The number of aromatic nitrogens is 1. The number of nitrogens with two attached hydrogens (primary N) is 1. The summed E-state index contributed by atoms with van der Waals surface area (Å²) in [4.78, 5) is 14.6. The van der Waals surface area contributed by atoms with Crippen LogP contribution in [0.1, 0.15) is 12.5 Å². The van der Waals surface area contributed by atoms with Gasteiger partial charge in [0.25, 0.3) is 0 Å². The van der Waals surface area contributed by atoms with Gasteiger partial charge in [-0.15, -0.1) is 0 Å². The van der Waals surface area contributed by atoms with Crippen molar-refractivity contribution in [3.8, 4) is 0 Å². The van der Waals surface area contributed by atoms with Crippen LogP contribution in [0.3, 0.4) is 0 Å². The molecule has 0 fully saturated rings. The summed E-state index contributed by atoms with van der Waals surface area (Å²) >= 11 is 0. The standard InChI is InChI=1S/C13H16N2O2/c1-2-17-13(16)11(14)8-9-4-3-5-12-10(9)6-7-15-12/h3-7,11,15H,2,8,14H2,1H3. The Morgan fingerprint density at radius 2 is 2.29 bits per heavy atom. The van der Waals surface area contributed by atoms with Crippen LogP contribution < -0.4 is 5.73 Å². The van der Waals surface area contributed by atoms with Crippen molar-refractivity contribution in [2.45, 2.75) is 19.4 Å². The number of rotatable bonds is 4. The van der Waals surface area contributed by atoms with E-state index in [0.29, 0.717) is 13.0 Å². The molecule has 0 bridgehead atoms. The Morgan fingerprint density at radius 1 is 1.47 bits per heavy atom. The van der Waals surface area contributed by atoms with Crippen LogP contribution in [0.2, 0.25) is 0 Å². The first kappa shape index (κ1) is 11.7. The molecule has 90 valence electrons. The number of carbonyl (C=O) groups excluding carboxylic acids is 1. The summed E-state index contributed by atoms with van der Waals surface area (Å²) in [6, 6.07) is 7.31. The second-order valence-corrected chi connectivity index (χ2v) is 3.92. The maximum Gasteiger partial charge on any atom is 0.323 e. The molecular formula is C13H16N2O2. The Labute approximate surface area is 99.8 Å². The van der Waals surface area contributed by atoms with Crippen LogP contribution in [0.4, 0.5) is 0 Å². The number of benzene rings is 1. The minimum absolute atomic E-state index is 0.347. The van der Waals surface area contributed by atoms with Crippen molar-refractivity contribution in [2.75, 3.05) is 6.61 Å². The SMILES string of the molecule is CCOC(=O)C(N)Cc1cccc2[nH]ccc12. The lowest BCUT2D eigenvalue weighted by molar-refractivity contribution is -0.144. The van der Waals surface area contributed by atoms with Gasteiger partial charge in [-0.2, -0.15) is 0 Å². The van der Waals surface area contributed by atoms with E-state index in [1.54, 1.807) is 6.92 Å². The van der Waals surface area contributed by atoms with Crippen molar-refractivity contribution in [1.82, 2.24) is 4.98 Å². The summed E-state index contributed by atoms with van der Waals surface area (Å²) in [5.41, 5.74) is 7.92. The van der Waals surface area contributed by atoms with Crippen LogP contribution in [0.25, 0.3) is 10.9 Å². The first-order chi connectivity index (χ1) is 8.22. The number of aromatic amines is 1. The van der Waals surface area contributed by atoms with Gasteiger partial charge in [0.2, 0.25) is 0 Å². The zero-order valence-electron chi connectivity index (χ0n) is 9.77. The fourth-order valence-electron chi connectivity index (χ4n) is 1.90. The van der Waals surface area contributed by atoms with E-state index in [2.05, 4.69) is 4.98 Å². The average molecular weight is 232 g/mol. The van der Waals surface area contributed by atoms with Crippen molar-refractivity contribution in [3.63, 3.8) is 0 Å². The third kappa shape index (κ3) is 2.47. The van der Waals surface area contributed by atoms with Gasteiger partial charge in [-0.05, 0) is 31.0 Å². The van der Waals surface area contributed by atoms with Gasteiger partial charge >= 0.3 is 5.97 Å². The molecule has 0 aliphatic heterocycles. The second-order valence-electron chi connectivity index (χ2n) is 3.92. The molecular weight excluding hydrogens is 216 g/mol. The van der Waals surface area contributed by atoms with Gasteiger partial charge in [-0.1, -0.05) is 12.1 Å². The van der Waals surface area contributed by atoms with Crippen LogP contribution in [0.15, 0.2) is 30.5 Å². The molecule has 2 aromatic rings. The molecule has 0 saturated carbocycles. The first-order valence-electron chi connectivity index (χ1n) is 5.69. The van der Waals surface area contributed by atoms with Crippen molar-refractivity contribution >= 4 is 16.9 Å². The summed E-state index contributed by atoms with van der Waals surface area (Å²) in [5, 5.41) is 1.10. The Bertz CT molecular complexity index is 519. The number of esters is 1. The number of hydrogen-bond acceptors (Lipinski definition) is 3. The summed E-state index contributed by atoms with van der Waals surface area (Å²) in [6.07, 6.45) is 2.37. The Morgan fingerprint density at radius 3 is 3.06 bits per heavy atom. The molecule has 17 heavy (non-hydrogen) atoms. The number of carbonyl (C=O) groups is 1. The molecule has 1 aromatic heterocycles. The average Bonchev–Trinajstić information content (AvgIpc) is 2.78.